The van der Waals surface area contributed by atoms with Crippen LogP contribution in [-0.4, -0.2) is 19.1 Å². The van der Waals surface area contributed by atoms with Crippen molar-refractivity contribution in [2.75, 3.05) is 18.5 Å². The second-order valence-corrected chi connectivity index (χ2v) is 6.52. The molecule has 0 saturated carbocycles. The number of halogens is 1. The van der Waals surface area contributed by atoms with Gasteiger partial charge in [0.05, 0.1) is 18.9 Å². The summed E-state index contributed by atoms with van der Waals surface area (Å²) in [6.45, 7) is 5.17. The molecule has 0 aliphatic rings. The van der Waals surface area contributed by atoms with Crippen LogP contribution in [0.4, 0.5) is 5.69 Å². The number of carbonyl (C=O) groups is 1. The first-order chi connectivity index (χ1) is 12.6. The summed E-state index contributed by atoms with van der Waals surface area (Å²) in [5.74, 6) is 1.43. The number of amides is 1. The quantitative estimate of drug-likeness (QED) is 0.548. The molecule has 2 rings (SSSR count). The molecule has 0 saturated heterocycles. The second-order valence-electron chi connectivity index (χ2n) is 6.11. The first-order valence-corrected chi connectivity index (χ1v) is 9.38. The molecule has 0 atom stereocenters. The lowest BCUT2D eigenvalue weighted by atomic mass is 10.2. The number of aryl methyl sites for hydroxylation is 1. The van der Waals surface area contributed by atoms with Crippen molar-refractivity contribution >= 4 is 23.2 Å². The molecule has 4 nitrogen and oxygen atoms in total. The minimum Gasteiger partial charge on any atom is -0.494 e. The van der Waals surface area contributed by atoms with Crippen LogP contribution in [0.5, 0.6) is 11.5 Å². The molecule has 1 N–H and O–H groups in total. The lowest BCUT2D eigenvalue weighted by molar-refractivity contribution is -0.116. The van der Waals surface area contributed by atoms with Gasteiger partial charge in [0.2, 0.25) is 5.91 Å². The number of unbranched alkanes of at least 4 members (excludes halogenated alkanes) is 1. The van der Waals surface area contributed by atoms with Crippen LogP contribution in [0.1, 0.15) is 38.2 Å². The molecule has 1 amide bonds. The molecule has 0 unspecified atom stereocenters. The van der Waals surface area contributed by atoms with Gasteiger partial charge < -0.3 is 14.8 Å². The molecule has 2 aromatic rings. The van der Waals surface area contributed by atoms with Crippen molar-refractivity contribution in [3.8, 4) is 11.5 Å². The molecule has 0 bridgehead atoms. The Morgan fingerprint density at radius 3 is 2.62 bits per heavy atom. The predicted octanol–water partition coefficient (Wildman–Crippen LogP) is 5.63. The molecule has 0 aliphatic heterocycles. The van der Waals surface area contributed by atoms with Crippen LogP contribution in [0.25, 0.3) is 0 Å². The summed E-state index contributed by atoms with van der Waals surface area (Å²) in [5.41, 5.74) is 1.68. The Balaban J connectivity index is 1.75. The number of ether oxygens (including phenoxy) is 2. The van der Waals surface area contributed by atoms with Gasteiger partial charge in [-0.15, -0.1) is 0 Å². The maximum Gasteiger partial charge on any atom is 0.224 e. The minimum absolute atomic E-state index is 0.0487. The van der Waals surface area contributed by atoms with Gasteiger partial charge in [-0.3, -0.25) is 4.79 Å². The van der Waals surface area contributed by atoms with Crippen LogP contribution in [0.2, 0.25) is 5.02 Å². The van der Waals surface area contributed by atoms with Gasteiger partial charge in [-0.25, -0.2) is 0 Å². The fourth-order valence-corrected chi connectivity index (χ4v) is 2.48. The van der Waals surface area contributed by atoms with Gasteiger partial charge in [-0.1, -0.05) is 37.1 Å². The van der Waals surface area contributed by atoms with Crippen LogP contribution in [0.3, 0.4) is 0 Å². The van der Waals surface area contributed by atoms with Crippen molar-refractivity contribution in [2.45, 2.75) is 39.5 Å². The number of rotatable bonds is 10. The van der Waals surface area contributed by atoms with E-state index in [9.17, 15) is 4.79 Å². The fourth-order valence-electron chi connectivity index (χ4n) is 2.36. The highest BCUT2D eigenvalue weighted by atomic mass is 35.5. The third-order valence-electron chi connectivity index (χ3n) is 3.86. The van der Waals surface area contributed by atoms with Crippen molar-refractivity contribution in [1.29, 1.82) is 0 Å². The summed E-state index contributed by atoms with van der Waals surface area (Å²) >= 11 is 5.99. The first kappa shape index (κ1) is 20.1. The Bertz CT molecular complexity index is 718. The molecule has 2 aromatic carbocycles. The fraction of sp³-hybridized carbons (Fsp3) is 0.381. The van der Waals surface area contributed by atoms with E-state index >= 15 is 0 Å². The lowest BCUT2D eigenvalue weighted by Gasteiger charge is -2.12. The van der Waals surface area contributed by atoms with E-state index in [1.165, 1.54) is 0 Å². The normalized spacial score (nSPS) is 10.4. The summed E-state index contributed by atoms with van der Waals surface area (Å²) < 4.78 is 11.4. The number of hydrogen-bond donors (Lipinski definition) is 1. The number of hydrogen-bond acceptors (Lipinski definition) is 3. The number of benzene rings is 2. The van der Waals surface area contributed by atoms with Gasteiger partial charge in [0, 0.05) is 11.4 Å². The SMILES string of the molecule is CCCCOc1ccccc1NC(=O)CCCOc1ccc(Cl)c(C)c1. The Labute approximate surface area is 160 Å². The zero-order valence-corrected chi connectivity index (χ0v) is 16.1. The van der Waals surface area contributed by atoms with Crippen molar-refractivity contribution in [1.82, 2.24) is 0 Å². The average molecular weight is 376 g/mol. The molecule has 5 heteroatoms. The van der Waals surface area contributed by atoms with E-state index in [0.29, 0.717) is 37.5 Å². The van der Waals surface area contributed by atoms with Gasteiger partial charge in [0.15, 0.2) is 0 Å². The summed E-state index contributed by atoms with van der Waals surface area (Å²) in [6, 6.07) is 13.1. The van der Waals surface area contributed by atoms with Gasteiger partial charge in [-0.2, -0.15) is 0 Å². The van der Waals surface area contributed by atoms with Crippen molar-refractivity contribution < 1.29 is 14.3 Å². The molecule has 0 aromatic heterocycles. The van der Waals surface area contributed by atoms with E-state index in [4.69, 9.17) is 21.1 Å². The molecule has 26 heavy (non-hydrogen) atoms. The van der Waals surface area contributed by atoms with E-state index in [2.05, 4.69) is 12.2 Å². The summed E-state index contributed by atoms with van der Waals surface area (Å²) in [6.07, 6.45) is 3.08. The topological polar surface area (TPSA) is 47.6 Å². The molecular weight excluding hydrogens is 350 g/mol. The lowest BCUT2D eigenvalue weighted by Crippen LogP contribution is -2.14. The summed E-state index contributed by atoms with van der Waals surface area (Å²) in [4.78, 5) is 12.2. The standard InChI is InChI=1S/C21H26ClNO3/c1-3-4-13-26-20-9-6-5-8-19(20)23-21(24)10-7-14-25-17-11-12-18(22)16(2)15-17/h5-6,8-9,11-12,15H,3-4,7,10,13-14H2,1-2H3,(H,23,24). The van der Waals surface area contributed by atoms with E-state index in [-0.39, 0.29) is 5.91 Å². The molecule has 0 radical (unpaired) electrons. The van der Waals surface area contributed by atoms with Gasteiger partial charge in [-0.05, 0) is 55.7 Å². The highest BCUT2D eigenvalue weighted by molar-refractivity contribution is 6.31. The van der Waals surface area contributed by atoms with Crippen molar-refractivity contribution in [3.05, 3.63) is 53.1 Å². The van der Waals surface area contributed by atoms with Crippen LogP contribution >= 0.6 is 11.6 Å². The monoisotopic (exact) mass is 375 g/mol. The molecule has 0 heterocycles. The van der Waals surface area contributed by atoms with Crippen LogP contribution in [0.15, 0.2) is 42.5 Å². The van der Waals surface area contributed by atoms with Crippen LogP contribution < -0.4 is 14.8 Å². The third kappa shape index (κ3) is 6.60. The highest BCUT2D eigenvalue weighted by Gasteiger charge is 2.08. The largest absolute Gasteiger partial charge is 0.494 e. The summed E-state index contributed by atoms with van der Waals surface area (Å²) in [5, 5.41) is 3.63. The Morgan fingerprint density at radius 1 is 1.08 bits per heavy atom. The maximum absolute atomic E-state index is 12.2. The van der Waals surface area contributed by atoms with E-state index in [0.717, 1.165) is 29.2 Å². The molecular formula is C21H26ClNO3. The number of anilines is 1. The van der Waals surface area contributed by atoms with Crippen LogP contribution in [0, 0.1) is 6.92 Å². The number of nitrogens with one attached hydrogen (secondary N) is 1. The van der Waals surface area contributed by atoms with Gasteiger partial charge in [0.25, 0.3) is 0 Å². The maximum atomic E-state index is 12.2. The van der Waals surface area contributed by atoms with E-state index in [1.54, 1.807) is 0 Å². The predicted molar refractivity (Wildman–Crippen MR) is 106 cm³/mol. The third-order valence-corrected chi connectivity index (χ3v) is 4.29. The van der Waals surface area contributed by atoms with E-state index < -0.39 is 0 Å². The zero-order chi connectivity index (χ0) is 18.8. The van der Waals surface area contributed by atoms with Crippen LogP contribution in [-0.2, 0) is 4.79 Å². The molecule has 140 valence electrons. The second kappa shape index (κ2) is 10.7. The highest BCUT2D eigenvalue weighted by Crippen LogP contribution is 2.24. The molecule has 0 fully saturated rings. The van der Waals surface area contributed by atoms with Gasteiger partial charge in [0.1, 0.15) is 11.5 Å². The van der Waals surface area contributed by atoms with Crippen molar-refractivity contribution in [2.24, 2.45) is 0 Å². The molecule has 0 spiro atoms. The first-order valence-electron chi connectivity index (χ1n) is 9.00. The smallest absolute Gasteiger partial charge is 0.224 e. The Hall–Kier alpha value is -2.20. The number of carbonyl (C=O) groups excluding carboxylic acids is 1. The number of para-hydroxylation sites is 2. The zero-order valence-electron chi connectivity index (χ0n) is 15.4. The Morgan fingerprint density at radius 2 is 1.85 bits per heavy atom. The van der Waals surface area contributed by atoms with Crippen molar-refractivity contribution in [3.63, 3.8) is 0 Å². The minimum atomic E-state index is -0.0487. The Kier molecular flexibility index (Phi) is 8.29. The summed E-state index contributed by atoms with van der Waals surface area (Å²) in [7, 11) is 0. The average Bonchev–Trinajstić information content (AvgIpc) is 2.63. The van der Waals surface area contributed by atoms with Gasteiger partial charge >= 0.3 is 0 Å². The molecule has 0 aliphatic carbocycles. The van der Waals surface area contributed by atoms with E-state index in [1.807, 2.05) is 49.4 Å².